The molecule has 4 unspecified atom stereocenters. The van der Waals surface area contributed by atoms with Gasteiger partial charge in [0.1, 0.15) is 0 Å². The molecule has 0 aromatic carbocycles. The first-order valence-electron chi connectivity index (χ1n) is 10.6. The normalized spacial score (nSPS) is 44.3. The zero-order valence-electron chi connectivity index (χ0n) is 15.5. The highest BCUT2D eigenvalue weighted by Crippen LogP contribution is 2.53. The van der Waals surface area contributed by atoms with Crippen molar-refractivity contribution in [2.45, 2.75) is 97.3 Å². The SMILES string of the molecule is CCCC1CCC(C2CCC3CC(C#N)(CC)CCC3C2)CC1. The minimum atomic E-state index is 0.0339. The van der Waals surface area contributed by atoms with Crippen molar-refractivity contribution in [2.75, 3.05) is 0 Å². The molecule has 1 nitrogen and oxygen atoms in total. The van der Waals surface area contributed by atoms with Gasteiger partial charge in [-0.05, 0) is 87.4 Å². The van der Waals surface area contributed by atoms with E-state index < -0.39 is 0 Å². The van der Waals surface area contributed by atoms with Crippen molar-refractivity contribution >= 4 is 0 Å². The van der Waals surface area contributed by atoms with Crippen molar-refractivity contribution in [2.24, 2.45) is 35.0 Å². The van der Waals surface area contributed by atoms with Gasteiger partial charge in [0.05, 0.1) is 11.5 Å². The highest BCUT2D eigenvalue weighted by Gasteiger charge is 2.43. The van der Waals surface area contributed by atoms with E-state index in [9.17, 15) is 5.26 Å². The topological polar surface area (TPSA) is 23.8 Å². The van der Waals surface area contributed by atoms with Gasteiger partial charge in [-0.3, -0.25) is 0 Å². The fourth-order valence-electron chi connectivity index (χ4n) is 6.34. The number of rotatable bonds is 4. The molecule has 3 saturated carbocycles. The molecule has 23 heavy (non-hydrogen) atoms. The van der Waals surface area contributed by atoms with E-state index in [1.807, 2.05) is 0 Å². The summed E-state index contributed by atoms with van der Waals surface area (Å²) in [4.78, 5) is 0. The van der Waals surface area contributed by atoms with Crippen LogP contribution in [-0.2, 0) is 0 Å². The van der Waals surface area contributed by atoms with Crippen molar-refractivity contribution in [1.82, 2.24) is 0 Å². The quantitative estimate of drug-likeness (QED) is 0.564. The molecule has 0 aliphatic heterocycles. The number of hydrogen-bond acceptors (Lipinski definition) is 1. The molecular formula is C22H37N. The molecular weight excluding hydrogens is 278 g/mol. The van der Waals surface area contributed by atoms with E-state index in [4.69, 9.17) is 0 Å². The van der Waals surface area contributed by atoms with Crippen LogP contribution in [0.25, 0.3) is 0 Å². The summed E-state index contributed by atoms with van der Waals surface area (Å²) in [5.74, 6) is 4.93. The molecule has 4 atom stereocenters. The Morgan fingerprint density at radius 1 is 0.870 bits per heavy atom. The largest absolute Gasteiger partial charge is 0.198 e. The third-order valence-corrected chi connectivity index (χ3v) is 8.00. The van der Waals surface area contributed by atoms with Gasteiger partial charge < -0.3 is 0 Å². The molecule has 0 bridgehead atoms. The summed E-state index contributed by atoms with van der Waals surface area (Å²) >= 11 is 0. The summed E-state index contributed by atoms with van der Waals surface area (Å²) in [6.45, 7) is 4.57. The fraction of sp³-hybridized carbons (Fsp3) is 0.955. The Balaban J connectivity index is 1.51. The summed E-state index contributed by atoms with van der Waals surface area (Å²) in [5.41, 5.74) is 0.0339. The lowest BCUT2D eigenvalue weighted by molar-refractivity contribution is 0.0402. The van der Waals surface area contributed by atoms with E-state index in [-0.39, 0.29) is 5.41 Å². The third-order valence-electron chi connectivity index (χ3n) is 8.00. The Bertz CT molecular complexity index is 414. The molecule has 130 valence electrons. The van der Waals surface area contributed by atoms with E-state index in [1.54, 1.807) is 0 Å². The number of fused-ring (bicyclic) bond motifs is 1. The van der Waals surface area contributed by atoms with Crippen LogP contribution in [-0.4, -0.2) is 0 Å². The third kappa shape index (κ3) is 3.78. The maximum atomic E-state index is 9.61. The van der Waals surface area contributed by atoms with Crippen LogP contribution in [0, 0.1) is 46.3 Å². The average molecular weight is 316 g/mol. The number of nitrogens with zero attached hydrogens (tertiary/aromatic N) is 1. The second kappa shape index (κ2) is 7.58. The van der Waals surface area contributed by atoms with Crippen LogP contribution < -0.4 is 0 Å². The molecule has 0 aromatic heterocycles. The van der Waals surface area contributed by atoms with E-state index in [0.717, 1.165) is 36.0 Å². The molecule has 3 fully saturated rings. The number of nitriles is 1. The Hall–Kier alpha value is -0.510. The Morgan fingerprint density at radius 3 is 2.17 bits per heavy atom. The van der Waals surface area contributed by atoms with Crippen molar-refractivity contribution in [3.8, 4) is 6.07 Å². The fourth-order valence-corrected chi connectivity index (χ4v) is 6.34. The van der Waals surface area contributed by atoms with Crippen LogP contribution >= 0.6 is 0 Å². The molecule has 0 spiro atoms. The summed E-state index contributed by atoms with van der Waals surface area (Å²) in [6, 6.07) is 2.69. The lowest BCUT2D eigenvalue weighted by Gasteiger charge is -2.47. The van der Waals surface area contributed by atoms with Crippen molar-refractivity contribution < 1.29 is 0 Å². The zero-order chi connectivity index (χ0) is 16.3. The van der Waals surface area contributed by atoms with Crippen LogP contribution in [0.15, 0.2) is 0 Å². The summed E-state index contributed by atoms with van der Waals surface area (Å²) < 4.78 is 0. The first-order chi connectivity index (χ1) is 11.2. The Kier molecular flexibility index (Phi) is 5.71. The standard InChI is InChI=1S/C22H37N/c1-3-5-17-6-8-18(9-7-17)19-10-11-21-15-22(4-2,16-23)13-12-20(21)14-19/h17-21H,3-15H2,1-2H3. The molecule has 3 aliphatic carbocycles. The van der Waals surface area contributed by atoms with Gasteiger partial charge in [-0.25, -0.2) is 0 Å². The first-order valence-corrected chi connectivity index (χ1v) is 10.6. The van der Waals surface area contributed by atoms with Gasteiger partial charge in [0, 0.05) is 0 Å². The van der Waals surface area contributed by atoms with E-state index in [1.165, 1.54) is 77.0 Å². The minimum absolute atomic E-state index is 0.0339. The lowest BCUT2D eigenvalue weighted by Crippen LogP contribution is -2.38. The highest BCUT2D eigenvalue weighted by molar-refractivity contribution is 5.04. The molecule has 0 amide bonds. The second-order valence-corrected chi connectivity index (χ2v) is 9.15. The number of hydrogen-bond donors (Lipinski definition) is 0. The Labute approximate surface area is 144 Å². The van der Waals surface area contributed by atoms with Gasteiger partial charge in [0.15, 0.2) is 0 Å². The molecule has 0 N–H and O–H groups in total. The lowest BCUT2D eigenvalue weighted by atomic mass is 9.57. The van der Waals surface area contributed by atoms with Crippen molar-refractivity contribution in [3.05, 3.63) is 0 Å². The molecule has 1 heteroatoms. The summed E-state index contributed by atoms with van der Waals surface area (Å²) in [6.07, 6.45) is 18.1. The van der Waals surface area contributed by atoms with Crippen LogP contribution in [0.1, 0.15) is 97.3 Å². The van der Waals surface area contributed by atoms with E-state index in [0.29, 0.717) is 0 Å². The molecule has 0 radical (unpaired) electrons. The maximum Gasteiger partial charge on any atom is 0.0689 e. The van der Waals surface area contributed by atoms with E-state index >= 15 is 0 Å². The van der Waals surface area contributed by atoms with Crippen molar-refractivity contribution in [1.29, 1.82) is 5.26 Å². The van der Waals surface area contributed by atoms with Crippen LogP contribution in [0.4, 0.5) is 0 Å². The summed E-state index contributed by atoms with van der Waals surface area (Å²) in [7, 11) is 0. The van der Waals surface area contributed by atoms with Gasteiger partial charge in [-0.2, -0.15) is 5.26 Å². The van der Waals surface area contributed by atoms with Crippen LogP contribution in [0.2, 0.25) is 0 Å². The predicted molar refractivity (Wildman–Crippen MR) is 96.9 cm³/mol. The van der Waals surface area contributed by atoms with Gasteiger partial charge in [0.25, 0.3) is 0 Å². The second-order valence-electron chi connectivity index (χ2n) is 9.15. The highest BCUT2D eigenvalue weighted by atomic mass is 14.5. The van der Waals surface area contributed by atoms with Gasteiger partial charge in [0.2, 0.25) is 0 Å². The monoisotopic (exact) mass is 315 g/mol. The Morgan fingerprint density at radius 2 is 1.52 bits per heavy atom. The summed E-state index contributed by atoms with van der Waals surface area (Å²) in [5, 5.41) is 9.61. The van der Waals surface area contributed by atoms with E-state index in [2.05, 4.69) is 19.9 Å². The van der Waals surface area contributed by atoms with Crippen molar-refractivity contribution in [3.63, 3.8) is 0 Å². The molecule has 3 aliphatic rings. The van der Waals surface area contributed by atoms with Gasteiger partial charge >= 0.3 is 0 Å². The molecule has 0 saturated heterocycles. The van der Waals surface area contributed by atoms with Crippen LogP contribution in [0.5, 0.6) is 0 Å². The predicted octanol–water partition coefficient (Wildman–Crippen LogP) is 6.73. The van der Waals surface area contributed by atoms with Gasteiger partial charge in [-0.15, -0.1) is 0 Å². The molecule has 0 aromatic rings. The molecule has 0 heterocycles. The van der Waals surface area contributed by atoms with Crippen LogP contribution in [0.3, 0.4) is 0 Å². The molecule has 3 rings (SSSR count). The maximum absolute atomic E-state index is 9.61. The average Bonchev–Trinajstić information content (AvgIpc) is 2.62. The van der Waals surface area contributed by atoms with Gasteiger partial charge in [-0.1, -0.05) is 39.5 Å². The minimum Gasteiger partial charge on any atom is -0.198 e. The smallest absolute Gasteiger partial charge is 0.0689 e. The first kappa shape index (κ1) is 17.3. The zero-order valence-corrected chi connectivity index (χ0v) is 15.5.